The van der Waals surface area contributed by atoms with Crippen LogP contribution in [-0.4, -0.2) is 28.5 Å². The molecule has 4 nitrogen and oxygen atoms in total. The van der Waals surface area contributed by atoms with Crippen LogP contribution in [0.15, 0.2) is 60.7 Å². The predicted molar refractivity (Wildman–Crippen MR) is 100 cm³/mol. The molecule has 26 heavy (non-hydrogen) atoms. The van der Waals surface area contributed by atoms with Crippen LogP contribution in [0.4, 0.5) is 0 Å². The van der Waals surface area contributed by atoms with Crippen LogP contribution in [0.5, 0.6) is 0 Å². The van der Waals surface area contributed by atoms with Gasteiger partial charge in [-0.3, -0.25) is 4.79 Å². The van der Waals surface area contributed by atoms with Crippen molar-refractivity contribution in [2.75, 3.05) is 6.54 Å². The standard InChI is InChI=1S/C22H24N2O2/c23-16-8-7-15-21(25)24-17-9-14-20(24)22(26,18-10-3-1-4-11-18)19-12-5-2-6-13-19/h1-6,10-13,20,26H,7-9,14-15,17H2/t20-/m1/s1. The maximum Gasteiger partial charge on any atom is 0.222 e. The van der Waals surface area contributed by atoms with Gasteiger partial charge in [-0.05, 0) is 30.4 Å². The first kappa shape index (κ1) is 18.2. The molecule has 3 rings (SSSR count). The summed E-state index contributed by atoms with van der Waals surface area (Å²) in [6.45, 7) is 0.651. The first-order chi connectivity index (χ1) is 12.7. The van der Waals surface area contributed by atoms with Crippen LogP contribution >= 0.6 is 0 Å². The van der Waals surface area contributed by atoms with Gasteiger partial charge in [0.05, 0.1) is 12.1 Å². The number of likely N-dealkylation sites (tertiary alicyclic amines) is 1. The minimum Gasteiger partial charge on any atom is -0.378 e. The van der Waals surface area contributed by atoms with Gasteiger partial charge >= 0.3 is 0 Å². The second kappa shape index (κ2) is 8.16. The molecule has 0 aliphatic carbocycles. The molecule has 0 bridgehead atoms. The van der Waals surface area contributed by atoms with Gasteiger partial charge in [0.15, 0.2) is 0 Å². The number of carbonyl (C=O) groups is 1. The molecule has 1 aliphatic heterocycles. The zero-order valence-electron chi connectivity index (χ0n) is 14.8. The molecule has 0 saturated carbocycles. The highest BCUT2D eigenvalue weighted by atomic mass is 16.3. The third-order valence-corrected chi connectivity index (χ3v) is 5.16. The lowest BCUT2D eigenvalue weighted by Gasteiger charge is -2.40. The van der Waals surface area contributed by atoms with Crippen LogP contribution < -0.4 is 0 Å². The van der Waals surface area contributed by atoms with Gasteiger partial charge in [0, 0.05) is 19.4 Å². The van der Waals surface area contributed by atoms with Gasteiger partial charge in [-0.15, -0.1) is 0 Å². The lowest BCUT2D eigenvalue weighted by molar-refractivity contribution is -0.136. The third-order valence-electron chi connectivity index (χ3n) is 5.16. The zero-order valence-corrected chi connectivity index (χ0v) is 14.8. The molecule has 4 heteroatoms. The molecule has 2 aromatic carbocycles. The largest absolute Gasteiger partial charge is 0.378 e. The van der Waals surface area contributed by atoms with Crippen molar-refractivity contribution in [2.45, 2.75) is 43.7 Å². The van der Waals surface area contributed by atoms with Crippen molar-refractivity contribution >= 4 is 5.91 Å². The monoisotopic (exact) mass is 348 g/mol. The molecule has 1 amide bonds. The number of hydrogen-bond acceptors (Lipinski definition) is 3. The molecule has 0 spiro atoms. The van der Waals surface area contributed by atoms with Gasteiger partial charge in [0.1, 0.15) is 5.60 Å². The fourth-order valence-corrected chi connectivity index (χ4v) is 3.90. The number of carbonyl (C=O) groups excluding carboxylic acids is 1. The highest BCUT2D eigenvalue weighted by molar-refractivity contribution is 5.77. The summed E-state index contributed by atoms with van der Waals surface area (Å²) in [5.41, 5.74) is 0.352. The molecule has 1 atom stereocenters. The van der Waals surface area contributed by atoms with Crippen molar-refractivity contribution in [1.29, 1.82) is 5.26 Å². The lowest BCUT2D eigenvalue weighted by atomic mass is 9.79. The Balaban J connectivity index is 1.97. The maximum atomic E-state index is 12.7. The Morgan fingerprint density at radius 3 is 2.23 bits per heavy atom. The topological polar surface area (TPSA) is 64.3 Å². The Morgan fingerprint density at radius 1 is 1.12 bits per heavy atom. The molecular weight excluding hydrogens is 324 g/mol. The van der Waals surface area contributed by atoms with Crippen LogP contribution in [0, 0.1) is 11.3 Å². The number of unbranched alkanes of at least 4 members (excludes halogenated alkanes) is 1. The predicted octanol–water partition coefficient (Wildman–Crippen LogP) is 3.61. The molecule has 1 N–H and O–H groups in total. The molecule has 2 aromatic rings. The summed E-state index contributed by atoms with van der Waals surface area (Å²) in [6.07, 6.45) is 2.92. The Labute approximate surface area is 154 Å². The Bertz CT molecular complexity index is 728. The smallest absolute Gasteiger partial charge is 0.222 e. The second-order valence-corrected chi connectivity index (χ2v) is 6.76. The van der Waals surface area contributed by atoms with Crippen molar-refractivity contribution in [3.05, 3.63) is 71.8 Å². The van der Waals surface area contributed by atoms with E-state index < -0.39 is 5.60 Å². The number of nitrogens with zero attached hydrogens (tertiary/aromatic N) is 2. The van der Waals surface area contributed by atoms with Crippen molar-refractivity contribution < 1.29 is 9.90 Å². The average molecular weight is 348 g/mol. The van der Waals surface area contributed by atoms with E-state index in [-0.39, 0.29) is 11.9 Å². The zero-order chi connectivity index (χ0) is 18.4. The van der Waals surface area contributed by atoms with E-state index in [1.165, 1.54) is 0 Å². The van der Waals surface area contributed by atoms with E-state index in [0.717, 1.165) is 24.0 Å². The fraction of sp³-hybridized carbons (Fsp3) is 0.364. The summed E-state index contributed by atoms with van der Waals surface area (Å²) < 4.78 is 0. The summed E-state index contributed by atoms with van der Waals surface area (Å²) >= 11 is 0. The SMILES string of the molecule is N#CCCCC(=O)N1CCC[C@@H]1C(O)(c1ccccc1)c1ccccc1. The van der Waals surface area contributed by atoms with Gasteiger partial charge in [0.25, 0.3) is 0 Å². The van der Waals surface area contributed by atoms with E-state index in [0.29, 0.717) is 25.8 Å². The van der Waals surface area contributed by atoms with Gasteiger partial charge in [0.2, 0.25) is 5.91 Å². The van der Waals surface area contributed by atoms with E-state index in [9.17, 15) is 9.90 Å². The Hall–Kier alpha value is -2.64. The van der Waals surface area contributed by atoms with Crippen molar-refractivity contribution in [3.63, 3.8) is 0 Å². The molecule has 0 unspecified atom stereocenters. The van der Waals surface area contributed by atoms with Crippen LogP contribution in [0.25, 0.3) is 0 Å². The number of hydrogen-bond donors (Lipinski definition) is 1. The maximum absolute atomic E-state index is 12.7. The molecule has 134 valence electrons. The summed E-state index contributed by atoms with van der Waals surface area (Å²) in [5.74, 6) is 0.0213. The quantitative estimate of drug-likeness (QED) is 0.811. The van der Waals surface area contributed by atoms with E-state index >= 15 is 0 Å². The van der Waals surface area contributed by atoms with Gasteiger partial charge in [-0.25, -0.2) is 0 Å². The van der Waals surface area contributed by atoms with Crippen LogP contribution in [0.3, 0.4) is 0 Å². The summed E-state index contributed by atoms with van der Waals surface area (Å²) in [7, 11) is 0. The highest BCUT2D eigenvalue weighted by Crippen LogP contribution is 2.40. The molecule has 1 saturated heterocycles. The lowest BCUT2D eigenvalue weighted by Crippen LogP contribution is -2.50. The van der Waals surface area contributed by atoms with E-state index in [1.54, 1.807) is 0 Å². The Morgan fingerprint density at radius 2 is 1.69 bits per heavy atom. The van der Waals surface area contributed by atoms with Crippen LogP contribution in [0.2, 0.25) is 0 Å². The normalized spacial score (nSPS) is 17.1. The number of aliphatic hydroxyl groups is 1. The minimum absolute atomic E-state index is 0.0213. The molecule has 1 heterocycles. The fourth-order valence-electron chi connectivity index (χ4n) is 3.90. The molecule has 1 fully saturated rings. The van der Waals surface area contributed by atoms with Crippen molar-refractivity contribution in [2.24, 2.45) is 0 Å². The minimum atomic E-state index is -1.25. The second-order valence-electron chi connectivity index (χ2n) is 6.76. The number of benzene rings is 2. The van der Waals surface area contributed by atoms with Gasteiger partial charge in [-0.1, -0.05) is 60.7 Å². The first-order valence-electron chi connectivity index (χ1n) is 9.17. The molecule has 0 radical (unpaired) electrons. The highest BCUT2D eigenvalue weighted by Gasteiger charge is 2.46. The van der Waals surface area contributed by atoms with E-state index in [4.69, 9.17) is 5.26 Å². The number of rotatable bonds is 6. The van der Waals surface area contributed by atoms with Gasteiger partial charge < -0.3 is 10.0 Å². The summed E-state index contributed by atoms with van der Waals surface area (Å²) in [6, 6.07) is 21.0. The van der Waals surface area contributed by atoms with Crippen molar-refractivity contribution in [1.82, 2.24) is 4.90 Å². The summed E-state index contributed by atoms with van der Waals surface area (Å²) in [5, 5.41) is 20.6. The average Bonchev–Trinajstić information content (AvgIpc) is 3.19. The van der Waals surface area contributed by atoms with Crippen molar-refractivity contribution in [3.8, 4) is 6.07 Å². The van der Waals surface area contributed by atoms with Crippen LogP contribution in [0.1, 0.15) is 43.2 Å². The number of nitriles is 1. The summed E-state index contributed by atoms with van der Waals surface area (Å²) in [4.78, 5) is 14.6. The van der Waals surface area contributed by atoms with Gasteiger partial charge in [-0.2, -0.15) is 5.26 Å². The van der Waals surface area contributed by atoms with Crippen LogP contribution in [-0.2, 0) is 10.4 Å². The first-order valence-corrected chi connectivity index (χ1v) is 9.17. The third kappa shape index (κ3) is 3.49. The molecular formula is C22H24N2O2. The Kier molecular flexibility index (Phi) is 5.70. The van der Waals surface area contributed by atoms with E-state index in [1.807, 2.05) is 65.6 Å². The molecule has 1 aliphatic rings. The van der Waals surface area contributed by atoms with E-state index in [2.05, 4.69) is 6.07 Å². The molecule has 0 aromatic heterocycles. The number of amides is 1.